The van der Waals surface area contributed by atoms with Crippen molar-refractivity contribution in [2.45, 2.75) is 26.3 Å². The van der Waals surface area contributed by atoms with E-state index in [1.165, 1.54) is 0 Å². The molecular formula is C14H22N2O3. The van der Waals surface area contributed by atoms with E-state index in [2.05, 4.69) is 5.32 Å². The third kappa shape index (κ3) is 4.79. The van der Waals surface area contributed by atoms with Crippen molar-refractivity contribution < 1.29 is 14.3 Å². The Hall–Kier alpha value is -1.75. The summed E-state index contributed by atoms with van der Waals surface area (Å²) < 4.78 is 11.1. The lowest BCUT2D eigenvalue weighted by Crippen LogP contribution is -2.51. The fraction of sp³-hybridized carbons (Fsp3) is 0.500. The molecule has 0 aliphatic heterocycles. The van der Waals surface area contributed by atoms with Crippen LogP contribution in [0.4, 0.5) is 0 Å². The van der Waals surface area contributed by atoms with Gasteiger partial charge in [0.2, 0.25) is 5.91 Å². The summed E-state index contributed by atoms with van der Waals surface area (Å²) in [6.45, 7) is 6.95. The molecule has 0 aliphatic carbocycles. The van der Waals surface area contributed by atoms with Gasteiger partial charge in [-0.3, -0.25) is 4.79 Å². The molecule has 0 unspecified atom stereocenters. The van der Waals surface area contributed by atoms with Gasteiger partial charge in [-0.05, 0) is 32.9 Å². The molecule has 106 valence electrons. The number of hydrogen-bond acceptors (Lipinski definition) is 4. The van der Waals surface area contributed by atoms with E-state index < -0.39 is 5.54 Å². The summed E-state index contributed by atoms with van der Waals surface area (Å²) in [6.07, 6.45) is 0. The second-order valence-electron chi connectivity index (χ2n) is 4.64. The molecule has 5 nitrogen and oxygen atoms in total. The highest BCUT2D eigenvalue weighted by molar-refractivity contribution is 5.83. The molecule has 0 heterocycles. The SMILES string of the molecule is CCOc1ccccc1OCCNC(C)(C)C(N)=O. The molecule has 0 fully saturated rings. The molecule has 19 heavy (non-hydrogen) atoms. The molecule has 0 saturated heterocycles. The van der Waals surface area contributed by atoms with Crippen LogP contribution in [0.25, 0.3) is 0 Å². The van der Waals surface area contributed by atoms with Gasteiger partial charge in [0.1, 0.15) is 6.61 Å². The summed E-state index contributed by atoms with van der Waals surface area (Å²) in [4.78, 5) is 11.1. The van der Waals surface area contributed by atoms with Crippen molar-refractivity contribution in [3.8, 4) is 11.5 Å². The minimum Gasteiger partial charge on any atom is -0.490 e. The first kappa shape index (κ1) is 15.3. The summed E-state index contributed by atoms with van der Waals surface area (Å²) in [5, 5.41) is 3.04. The smallest absolute Gasteiger partial charge is 0.237 e. The van der Waals surface area contributed by atoms with Crippen molar-refractivity contribution in [3.63, 3.8) is 0 Å². The zero-order valence-electron chi connectivity index (χ0n) is 11.7. The Morgan fingerprint density at radius 3 is 2.37 bits per heavy atom. The van der Waals surface area contributed by atoms with E-state index in [-0.39, 0.29) is 5.91 Å². The largest absolute Gasteiger partial charge is 0.490 e. The fourth-order valence-corrected chi connectivity index (χ4v) is 1.46. The average Bonchev–Trinajstić information content (AvgIpc) is 2.36. The Morgan fingerprint density at radius 1 is 1.26 bits per heavy atom. The van der Waals surface area contributed by atoms with Crippen LogP contribution in [0.15, 0.2) is 24.3 Å². The quantitative estimate of drug-likeness (QED) is 0.696. The molecule has 5 heteroatoms. The molecule has 3 N–H and O–H groups in total. The maximum Gasteiger partial charge on any atom is 0.237 e. The second kappa shape index (κ2) is 6.99. The molecule has 0 radical (unpaired) electrons. The maximum absolute atomic E-state index is 11.1. The lowest BCUT2D eigenvalue weighted by atomic mass is 10.1. The zero-order chi connectivity index (χ0) is 14.3. The highest BCUT2D eigenvalue weighted by Crippen LogP contribution is 2.26. The second-order valence-corrected chi connectivity index (χ2v) is 4.64. The molecule has 1 rings (SSSR count). The Kier molecular flexibility index (Phi) is 5.63. The van der Waals surface area contributed by atoms with Gasteiger partial charge >= 0.3 is 0 Å². The summed E-state index contributed by atoms with van der Waals surface area (Å²) in [6, 6.07) is 7.49. The average molecular weight is 266 g/mol. The van der Waals surface area contributed by atoms with Crippen molar-refractivity contribution in [3.05, 3.63) is 24.3 Å². The van der Waals surface area contributed by atoms with Crippen LogP contribution in [0.5, 0.6) is 11.5 Å². The maximum atomic E-state index is 11.1. The summed E-state index contributed by atoms with van der Waals surface area (Å²) >= 11 is 0. The van der Waals surface area contributed by atoms with Crippen molar-refractivity contribution in [2.75, 3.05) is 19.8 Å². The molecule has 1 aromatic carbocycles. The molecule has 0 aromatic heterocycles. The third-order valence-corrected chi connectivity index (χ3v) is 2.69. The molecule has 0 atom stereocenters. The van der Waals surface area contributed by atoms with E-state index >= 15 is 0 Å². The van der Waals surface area contributed by atoms with Gasteiger partial charge in [0, 0.05) is 6.54 Å². The van der Waals surface area contributed by atoms with E-state index in [0.29, 0.717) is 25.5 Å². The van der Waals surface area contributed by atoms with Gasteiger partial charge in [0.25, 0.3) is 0 Å². The number of primary amides is 1. The van der Waals surface area contributed by atoms with Gasteiger partial charge in [0.15, 0.2) is 11.5 Å². The molecule has 1 amide bonds. The molecule has 0 bridgehead atoms. The van der Waals surface area contributed by atoms with E-state index in [0.717, 1.165) is 5.75 Å². The first-order valence-electron chi connectivity index (χ1n) is 6.37. The Morgan fingerprint density at radius 2 is 1.84 bits per heavy atom. The van der Waals surface area contributed by atoms with Crippen LogP contribution in [0, 0.1) is 0 Å². The van der Waals surface area contributed by atoms with Crippen LogP contribution in [-0.2, 0) is 4.79 Å². The summed E-state index contributed by atoms with van der Waals surface area (Å²) in [5.41, 5.74) is 4.53. The first-order chi connectivity index (χ1) is 8.97. The number of ether oxygens (including phenoxy) is 2. The molecule has 0 saturated carbocycles. The monoisotopic (exact) mass is 266 g/mol. The Labute approximate surface area is 114 Å². The standard InChI is InChI=1S/C14H22N2O3/c1-4-18-11-7-5-6-8-12(11)19-10-9-16-14(2,3)13(15)17/h5-8,16H,4,9-10H2,1-3H3,(H2,15,17). The number of rotatable bonds is 8. The summed E-state index contributed by atoms with van der Waals surface area (Å²) in [7, 11) is 0. The van der Waals surface area contributed by atoms with E-state index in [4.69, 9.17) is 15.2 Å². The minimum absolute atomic E-state index is 0.387. The van der Waals surface area contributed by atoms with Crippen molar-refractivity contribution in [2.24, 2.45) is 5.73 Å². The van der Waals surface area contributed by atoms with Crippen LogP contribution < -0.4 is 20.5 Å². The van der Waals surface area contributed by atoms with Gasteiger partial charge in [-0.2, -0.15) is 0 Å². The van der Waals surface area contributed by atoms with Crippen molar-refractivity contribution in [1.82, 2.24) is 5.32 Å². The molecule has 0 spiro atoms. The predicted octanol–water partition coefficient (Wildman–Crippen LogP) is 1.32. The van der Waals surface area contributed by atoms with Gasteiger partial charge in [-0.15, -0.1) is 0 Å². The van der Waals surface area contributed by atoms with Gasteiger partial charge in [-0.25, -0.2) is 0 Å². The lowest BCUT2D eigenvalue weighted by molar-refractivity contribution is -0.123. The number of nitrogens with two attached hydrogens (primary N) is 1. The Balaban J connectivity index is 2.43. The third-order valence-electron chi connectivity index (χ3n) is 2.69. The molecule has 1 aromatic rings. The number of hydrogen-bond donors (Lipinski definition) is 2. The van der Waals surface area contributed by atoms with Crippen LogP contribution in [-0.4, -0.2) is 31.2 Å². The van der Waals surface area contributed by atoms with Crippen LogP contribution in [0.2, 0.25) is 0 Å². The predicted molar refractivity (Wildman–Crippen MR) is 74.4 cm³/mol. The molecule has 0 aliphatic rings. The fourth-order valence-electron chi connectivity index (χ4n) is 1.46. The number of nitrogens with one attached hydrogen (secondary N) is 1. The van der Waals surface area contributed by atoms with Crippen molar-refractivity contribution >= 4 is 5.91 Å². The Bertz CT molecular complexity index is 419. The van der Waals surface area contributed by atoms with Gasteiger partial charge in [0.05, 0.1) is 12.1 Å². The van der Waals surface area contributed by atoms with Crippen LogP contribution >= 0.6 is 0 Å². The van der Waals surface area contributed by atoms with E-state index in [1.807, 2.05) is 31.2 Å². The topological polar surface area (TPSA) is 73.6 Å². The number of para-hydroxylation sites is 2. The zero-order valence-corrected chi connectivity index (χ0v) is 11.7. The highest BCUT2D eigenvalue weighted by Gasteiger charge is 2.23. The lowest BCUT2D eigenvalue weighted by Gasteiger charge is -2.22. The number of carbonyl (C=O) groups is 1. The van der Waals surface area contributed by atoms with Crippen LogP contribution in [0.3, 0.4) is 0 Å². The molecular weight excluding hydrogens is 244 g/mol. The number of benzene rings is 1. The van der Waals surface area contributed by atoms with Crippen LogP contribution in [0.1, 0.15) is 20.8 Å². The van der Waals surface area contributed by atoms with E-state index in [9.17, 15) is 4.79 Å². The number of carbonyl (C=O) groups excluding carboxylic acids is 1. The normalized spacial score (nSPS) is 11.1. The summed E-state index contributed by atoms with van der Waals surface area (Å²) in [5.74, 6) is 1.03. The minimum atomic E-state index is -0.733. The highest BCUT2D eigenvalue weighted by atomic mass is 16.5. The van der Waals surface area contributed by atoms with Crippen molar-refractivity contribution in [1.29, 1.82) is 0 Å². The van der Waals surface area contributed by atoms with Gasteiger partial charge < -0.3 is 20.5 Å². The van der Waals surface area contributed by atoms with E-state index in [1.54, 1.807) is 13.8 Å². The van der Waals surface area contributed by atoms with Gasteiger partial charge in [-0.1, -0.05) is 12.1 Å². The number of amides is 1. The first-order valence-corrected chi connectivity index (χ1v) is 6.37.